The lowest BCUT2D eigenvalue weighted by atomic mass is 10.1. The van der Waals surface area contributed by atoms with Gasteiger partial charge in [0.2, 0.25) is 0 Å². The van der Waals surface area contributed by atoms with Crippen molar-refractivity contribution in [2.24, 2.45) is 0 Å². The Morgan fingerprint density at radius 2 is 2.25 bits per heavy atom. The van der Waals surface area contributed by atoms with Gasteiger partial charge in [0.1, 0.15) is 0 Å². The first-order valence-electron chi connectivity index (χ1n) is 6.72. The van der Waals surface area contributed by atoms with Gasteiger partial charge in [0, 0.05) is 15.4 Å². The van der Waals surface area contributed by atoms with Gasteiger partial charge in [-0.05, 0) is 24.8 Å². The summed E-state index contributed by atoms with van der Waals surface area (Å²) in [5, 5.41) is 0. The number of allylic oxidation sites excluding steroid dienone is 2. The summed E-state index contributed by atoms with van der Waals surface area (Å²) in [5.41, 5.74) is 1.42. The van der Waals surface area contributed by atoms with E-state index in [2.05, 4.69) is 38.2 Å². The largest absolute Gasteiger partial charge is 0.374 e. The molecule has 1 nitrogen and oxygen atoms in total. The maximum atomic E-state index is 6.02. The van der Waals surface area contributed by atoms with E-state index in [0.29, 0.717) is 6.10 Å². The first-order valence-corrected chi connectivity index (χ1v) is 9.84. The second-order valence-corrected chi connectivity index (χ2v) is 8.39. The Balaban J connectivity index is 2.38. The fourth-order valence-electron chi connectivity index (χ4n) is 1.92. The molecule has 1 unspecified atom stereocenters. The highest BCUT2D eigenvalue weighted by Gasteiger charge is 2.15. The fraction of sp³-hybridized carbons (Fsp3) is 0.714. The van der Waals surface area contributed by atoms with E-state index >= 15 is 0 Å². The van der Waals surface area contributed by atoms with E-state index in [0.717, 1.165) is 13.0 Å². The van der Waals surface area contributed by atoms with Crippen molar-refractivity contribution < 1.29 is 4.74 Å². The molecule has 1 aliphatic rings. The van der Waals surface area contributed by atoms with Gasteiger partial charge in [0.05, 0.1) is 6.10 Å². The lowest BCUT2D eigenvalue weighted by Crippen LogP contribution is -2.17. The third-order valence-electron chi connectivity index (χ3n) is 2.99. The first kappa shape index (κ1) is 13.7. The van der Waals surface area contributed by atoms with Crippen LogP contribution in [-0.2, 0) is 4.74 Å². The van der Waals surface area contributed by atoms with Crippen LogP contribution in [0, 0.1) is 0 Å². The summed E-state index contributed by atoms with van der Waals surface area (Å²) in [7, 11) is -0.442. The van der Waals surface area contributed by atoms with Crippen LogP contribution in [0.2, 0.25) is 19.1 Å². The molecule has 92 valence electrons. The molecule has 0 bridgehead atoms. The molecule has 0 aromatic heterocycles. The molecular formula is C14H26OSi. The van der Waals surface area contributed by atoms with Crippen molar-refractivity contribution in [2.75, 3.05) is 6.61 Å². The van der Waals surface area contributed by atoms with Gasteiger partial charge in [-0.25, -0.2) is 0 Å². The van der Waals surface area contributed by atoms with Crippen LogP contribution >= 0.6 is 0 Å². The molecule has 0 N–H and O–H groups in total. The lowest BCUT2D eigenvalue weighted by molar-refractivity contribution is 0.0751. The molecule has 2 heteroatoms. The third-order valence-corrected chi connectivity index (χ3v) is 4.48. The molecule has 1 rings (SSSR count). The molecule has 0 radical (unpaired) electrons. The van der Waals surface area contributed by atoms with E-state index in [1.165, 1.54) is 30.9 Å². The third kappa shape index (κ3) is 5.13. The highest BCUT2D eigenvalue weighted by molar-refractivity contribution is 6.55. The zero-order valence-electron chi connectivity index (χ0n) is 11.0. The molecule has 16 heavy (non-hydrogen) atoms. The molecule has 0 spiro atoms. The Bertz CT molecular complexity index is 243. The summed E-state index contributed by atoms with van der Waals surface area (Å²) in [6.45, 7) is 7.98. The quantitative estimate of drug-likeness (QED) is 0.460. The summed E-state index contributed by atoms with van der Waals surface area (Å²) in [6.07, 6.45) is 11.9. The van der Waals surface area contributed by atoms with Gasteiger partial charge in [0.25, 0.3) is 0 Å². The molecule has 0 aromatic rings. The van der Waals surface area contributed by atoms with E-state index in [9.17, 15) is 0 Å². The van der Waals surface area contributed by atoms with Crippen molar-refractivity contribution in [3.63, 3.8) is 0 Å². The normalized spacial score (nSPS) is 16.9. The minimum absolute atomic E-state index is 0.375. The zero-order chi connectivity index (χ0) is 11.8. The van der Waals surface area contributed by atoms with Crippen LogP contribution in [0.3, 0.4) is 0 Å². The van der Waals surface area contributed by atoms with Crippen molar-refractivity contribution in [3.05, 3.63) is 23.8 Å². The van der Waals surface area contributed by atoms with Crippen LogP contribution in [0.5, 0.6) is 0 Å². The number of unbranched alkanes of at least 4 members (excludes halogenated alkanes) is 1. The molecule has 1 aliphatic carbocycles. The maximum absolute atomic E-state index is 6.02. The van der Waals surface area contributed by atoms with E-state index in [1.807, 2.05) is 0 Å². The smallest absolute Gasteiger partial charge is 0.0819 e. The number of ether oxygens (including phenoxy) is 1. The summed E-state index contributed by atoms with van der Waals surface area (Å²) in [4.78, 5) is 0. The van der Waals surface area contributed by atoms with Crippen molar-refractivity contribution >= 4 is 8.80 Å². The molecule has 0 aromatic carbocycles. The maximum Gasteiger partial charge on any atom is 0.0819 e. The van der Waals surface area contributed by atoms with Crippen molar-refractivity contribution in [1.29, 1.82) is 0 Å². The van der Waals surface area contributed by atoms with Gasteiger partial charge >= 0.3 is 0 Å². The summed E-state index contributed by atoms with van der Waals surface area (Å²) < 4.78 is 6.02. The van der Waals surface area contributed by atoms with Crippen LogP contribution in [0.25, 0.3) is 0 Å². The monoisotopic (exact) mass is 238 g/mol. The van der Waals surface area contributed by atoms with E-state index in [4.69, 9.17) is 4.74 Å². The molecule has 0 fully saturated rings. The van der Waals surface area contributed by atoms with Gasteiger partial charge in [-0.3, -0.25) is 0 Å². The standard InChI is InChI=1S/C14H26OSi/c1-4-5-11-15-14(10-12-16(2)3)13-8-6-7-9-13/h6,8-9,14,16H,4-5,7,10-12H2,1-3H3. The van der Waals surface area contributed by atoms with E-state index in [-0.39, 0.29) is 0 Å². The van der Waals surface area contributed by atoms with Gasteiger partial charge in [0.15, 0.2) is 0 Å². The van der Waals surface area contributed by atoms with Gasteiger partial charge in [-0.1, -0.05) is 50.7 Å². The highest BCUT2D eigenvalue weighted by Crippen LogP contribution is 2.21. The topological polar surface area (TPSA) is 9.23 Å². The first-order chi connectivity index (χ1) is 7.74. The highest BCUT2D eigenvalue weighted by atomic mass is 28.3. The molecule has 0 saturated carbocycles. The Morgan fingerprint density at radius 3 is 2.81 bits per heavy atom. The predicted molar refractivity (Wildman–Crippen MR) is 74.8 cm³/mol. The predicted octanol–water partition coefficient (Wildman–Crippen LogP) is 3.93. The van der Waals surface area contributed by atoms with Crippen LogP contribution in [0.15, 0.2) is 23.8 Å². The molecule has 0 heterocycles. The Kier molecular flexibility index (Phi) is 6.73. The van der Waals surface area contributed by atoms with Crippen molar-refractivity contribution in [2.45, 2.75) is 57.8 Å². The molecule has 0 saturated heterocycles. The second kappa shape index (κ2) is 7.85. The Morgan fingerprint density at radius 1 is 1.44 bits per heavy atom. The van der Waals surface area contributed by atoms with E-state index < -0.39 is 8.80 Å². The Hall–Kier alpha value is -0.343. The lowest BCUT2D eigenvalue weighted by Gasteiger charge is -2.19. The zero-order valence-corrected chi connectivity index (χ0v) is 12.2. The van der Waals surface area contributed by atoms with Crippen LogP contribution in [0.4, 0.5) is 0 Å². The molecular weight excluding hydrogens is 212 g/mol. The van der Waals surface area contributed by atoms with Gasteiger partial charge in [-0.15, -0.1) is 0 Å². The summed E-state index contributed by atoms with van der Waals surface area (Å²) in [5.74, 6) is 0. The van der Waals surface area contributed by atoms with Crippen LogP contribution in [0.1, 0.15) is 32.6 Å². The number of hydrogen-bond acceptors (Lipinski definition) is 1. The summed E-state index contributed by atoms with van der Waals surface area (Å²) in [6, 6.07) is 1.39. The number of rotatable bonds is 8. The average molecular weight is 238 g/mol. The molecule has 1 atom stereocenters. The molecule has 0 amide bonds. The van der Waals surface area contributed by atoms with Crippen LogP contribution in [-0.4, -0.2) is 21.5 Å². The molecule has 0 aliphatic heterocycles. The SMILES string of the molecule is CCCCOC(CC[SiH](C)C)C1=CCC=C1. The Labute approximate surface area is 102 Å². The van der Waals surface area contributed by atoms with E-state index in [1.54, 1.807) is 0 Å². The fourth-order valence-corrected chi connectivity index (χ4v) is 2.89. The minimum Gasteiger partial charge on any atom is -0.374 e. The second-order valence-electron chi connectivity index (χ2n) is 5.03. The number of hydrogen-bond donors (Lipinski definition) is 0. The van der Waals surface area contributed by atoms with Crippen molar-refractivity contribution in [1.82, 2.24) is 0 Å². The minimum atomic E-state index is -0.442. The van der Waals surface area contributed by atoms with Crippen LogP contribution < -0.4 is 0 Å². The average Bonchev–Trinajstić information content (AvgIpc) is 2.76. The van der Waals surface area contributed by atoms with Gasteiger partial charge in [-0.2, -0.15) is 0 Å². The summed E-state index contributed by atoms with van der Waals surface area (Å²) >= 11 is 0. The van der Waals surface area contributed by atoms with Gasteiger partial charge < -0.3 is 4.74 Å². The van der Waals surface area contributed by atoms with Crippen molar-refractivity contribution in [3.8, 4) is 0 Å².